The zero-order chi connectivity index (χ0) is 17.9. The fraction of sp³-hybridized carbons (Fsp3) is 0.400. The number of imide groups is 1. The molecule has 0 fully saturated rings. The average Bonchev–Trinajstić information content (AvgIpc) is 2.76. The lowest BCUT2D eigenvalue weighted by Crippen LogP contribution is -2.39. The number of hydrogen-bond donors (Lipinski definition) is 2. The Balaban J connectivity index is 1.85. The molecule has 0 saturated heterocycles. The second-order valence-corrected chi connectivity index (χ2v) is 7.38. The van der Waals surface area contributed by atoms with E-state index in [-0.39, 0.29) is 30.5 Å². The molecule has 1 atom stereocenters. The molecule has 0 radical (unpaired) electrons. The Kier molecular flexibility index (Phi) is 5.35. The first kappa shape index (κ1) is 18.1. The Morgan fingerprint density at radius 3 is 2.21 bits per heavy atom. The Morgan fingerprint density at radius 2 is 1.71 bits per heavy atom. The van der Waals surface area contributed by atoms with E-state index in [0.717, 1.165) is 4.90 Å². The van der Waals surface area contributed by atoms with E-state index >= 15 is 0 Å². The standard InChI is InChI=1S/C15H18N2O6S/c1-10(15(20)21)16-24(22,23)9-5-4-8-17-13(18)11-6-2-3-7-12(11)14(17)19/h2-3,6-7,10,16H,4-5,8-9H2,1H3,(H,20,21)/t10-/m0/s1. The Bertz CT molecular complexity index is 739. The maximum Gasteiger partial charge on any atom is 0.321 e. The van der Waals surface area contributed by atoms with Crippen LogP contribution in [0.5, 0.6) is 0 Å². The van der Waals surface area contributed by atoms with E-state index in [2.05, 4.69) is 0 Å². The summed E-state index contributed by atoms with van der Waals surface area (Å²) in [5.41, 5.74) is 0.708. The average molecular weight is 354 g/mol. The zero-order valence-electron chi connectivity index (χ0n) is 13.1. The Morgan fingerprint density at radius 1 is 1.17 bits per heavy atom. The second-order valence-electron chi connectivity index (χ2n) is 5.51. The monoisotopic (exact) mass is 354 g/mol. The molecule has 1 heterocycles. The van der Waals surface area contributed by atoms with Crippen LogP contribution in [0.1, 0.15) is 40.5 Å². The molecule has 8 nitrogen and oxygen atoms in total. The number of rotatable bonds is 8. The molecular formula is C15H18N2O6S. The first-order chi connectivity index (χ1) is 11.2. The van der Waals surface area contributed by atoms with Crippen molar-refractivity contribution >= 4 is 27.8 Å². The first-order valence-corrected chi connectivity index (χ1v) is 9.06. The van der Waals surface area contributed by atoms with Crippen molar-refractivity contribution in [3.63, 3.8) is 0 Å². The van der Waals surface area contributed by atoms with Crippen LogP contribution in [0.2, 0.25) is 0 Å². The van der Waals surface area contributed by atoms with Crippen LogP contribution in [-0.2, 0) is 14.8 Å². The molecule has 1 aromatic carbocycles. The molecule has 9 heteroatoms. The lowest BCUT2D eigenvalue weighted by Gasteiger charge is -2.14. The lowest BCUT2D eigenvalue weighted by atomic mass is 10.1. The van der Waals surface area contributed by atoms with Gasteiger partial charge in [0.05, 0.1) is 16.9 Å². The maximum absolute atomic E-state index is 12.1. The fourth-order valence-corrected chi connectivity index (χ4v) is 3.72. The van der Waals surface area contributed by atoms with Crippen LogP contribution in [0.15, 0.2) is 24.3 Å². The number of carboxylic acids is 1. The molecule has 1 aliphatic heterocycles. The third kappa shape index (κ3) is 3.98. The predicted molar refractivity (Wildman–Crippen MR) is 85.1 cm³/mol. The molecule has 0 bridgehead atoms. The second kappa shape index (κ2) is 7.10. The van der Waals surface area contributed by atoms with E-state index in [1.807, 2.05) is 4.72 Å². The van der Waals surface area contributed by atoms with Crippen molar-refractivity contribution < 1.29 is 27.9 Å². The number of benzene rings is 1. The number of carbonyl (C=O) groups excluding carboxylic acids is 2. The van der Waals surface area contributed by atoms with Gasteiger partial charge in [0.1, 0.15) is 6.04 Å². The lowest BCUT2D eigenvalue weighted by molar-refractivity contribution is -0.138. The maximum atomic E-state index is 12.1. The summed E-state index contributed by atoms with van der Waals surface area (Å²) in [4.78, 5) is 36.0. The summed E-state index contributed by atoms with van der Waals surface area (Å²) in [6, 6.07) is 5.31. The van der Waals surface area contributed by atoms with Gasteiger partial charge in [-0.15, -0.1) is 0 Å². The van der Waals surface area contributed by atoms with Crippen LogP contribution in [0.3, 0.4) is 0 Å². The number of nitrogens with one attached hydrogen (secondary N) is 1. The van der Waals surface area contributed by atoms with Gasteiger partial charge < -0.3 is 5.11 Å². The summed E-state index contributed by atoms with van der Waals surface area (Å²) >= 11 is 0. The summed E-state index contributed by atoms with van der Waals surface area (Å²) < 4.78 is 25.5. The van der Waals surface area contributed by atoms with E-state index in [4.69, 9.17) is 5.11 Å². The summed E-state index contributed by atoms with van der Waals surface area (Å²) in [5, 5.41) is 8.70. The van der Waals surface area contributed by atoms with Crippen LogP contribution in [-0.4, -0.2) is 54.5 Å². The van der Waals surface area contributed by atoms with Crippen LogP contribution >= 0.6 is 0 Å². The summed E-state index contributed by atoms with van der Waals surface area (Å²) in [6.07, 6.45) is 0.517. The van der Waals surface area contributed by atoms with Gasteiger partial charge in [-0.25, -0.2) is 13.1 Å². The van der Waals surface area contributed by atoms with E-state index in [9.17, 15) is 22.8 Å². The van der Waals surface area contributed by atoms with E-state index in [1.165, 1.54) is 6.92 Å². The fourth-order valence-electron chi connectivity index (χ4n) is 2.38. The van der Waals surface area contributed by atoms with E-state index in [1.54, 1.807) is 24.3 Å². The van der Waals surface area contributed by atoms with Gasteiger partial charge in [-0.1, -0.05) is 12.1 Å². The van der Waals surface area contributed by atoms with Crippen LogP contribution in [0.4, 0.5) is 0 Å². The van der Waals surface area contributed by atoms with Crippen molar-refractivity contribution in [1.82, 2.24) is 9.62 Å². The van der Waals surface area contributed by atoms with Crippen LogP contribution in [0, 0.1) is 0 Å². The first-order valence-electron chi connectivity index (χ1n) is 7.41. The van der Waals surface area contributed by atoms with E-state index in [0.29, 0.717) is 17.5 Å². The highest BCUT2D eigenvalue weighted by atomic mass is 32.2. The SMILES string of the molecule is C[C@H](NS(=O)(=O)CCCCN1C(=O)c2ccccc2C1=O)C(=O)O. The van der Waals surface area contributed by atoms with Gasteiger partial charge in [0.25, 0.3) is 11.8 Å². The molecule has 0 aromatic heterocycles. The molecule has 2 rings (SSSR count). The van der Waals surface area contributed by atoms with Crippen LogP contribution < -0.4 is 4.72 Å². The minimum atomic E-state index is -3.72. The Hall–Kier alpha value is -2.26. The van der Waals surface area contributed by atoms with Crippen molar-refractivity contribution in [2.45, 2.75) is 25.8 Å². The number of sulfonamides is 1. The predicted octanol–water partition coefficient (Wildman–Crippen LogP) is 0.455. The van der Waals surface area contributed by atoms with Crippen molar-refractivity contribution in [3.05, 3.63) is 35.4 Å². The molecule has 2 amide bonds. The molecule has 0 spiro atoms. The number of hydrogen-bond acceptors (Lipinski definition) is 5. The molecule has 24 heavy (non-hydrogen) atoms. The number of unbranched alkanes of at least 4 members (excludes halogenated alkanes) is 1. The van der Waals surface area contributed by atoms with Gasteiger partial charge in [-0.05, 0) is 31.9 Å². The highest BCUT2D eigenvalue weighted by Crippen LogP contribution is 2.22. The number of aliphatic carboxylic acids is 1. The molecule has 0 unspecified atom stereocenters. The van der Waals surface area contributed by atoms with Gasteiger partial charge in [0.15, 0.2) is 0 Å². The molecule has 130 valence electrons. The number of fused-ring (bicyclic) bond motifs is 1. The molecule has 0 saturated carbocycles. The molecule has 2 N–H and O–H groups in total. The quantitative estimate of drug-likeness (QED) is 0.517. The van der Waals surface area contributed by atoms with Gasteiger partial charge >= 0.3 is 5.97 Å². The highest BCUT2D eigenvalue weighted by Gasteiger charge is 2.34. The van der Waals surface area contributed by atoms with E-state index < -0.39 is 22.0 Å². The topological polar surface area (TPSA) is 121 Å². The number of carbonyl (C=O) groups is 3. The van der Waals surface area contributed by atoms with Gasteiger partial charge in [-0.2, -0.15) is 0 Å². The highest BCUT2D eigenvalue weighted by molar-refractivity contribution is 7.89. The number of nitrogens with zero attached hydrogens (tertiary/aromatic N) is 1. The number of amides is 2. The smallest absolute Gasteiger partial charge is 0.321 e. The van der Waals surface area contributed by atoms with Gasteiger partial charge in [0.2, 0.25) is 10.0 Å². The normalized spacial score (nSPS) is 15.5. The van der Waals surface area contributed by atoms with Crippen molar-refractivity contribution in [2.75, 3.05) is 12.3 Å². The van der Waals surface area contributed by atoms with Gasteiger partial charge in [-0.3, -0.25) is 19.3 Å². The van der Waals surface area contributed by atoms with Crippen molar-refractivity contribution in [2.24, 2.45) is 0 Å². The molecule has 0 aliphatic carbocycles. The van der Waals surface area contributed by atoms with Gasteiger partial charge in [0, 0.05) is 6.54 Å². The minimum absolute atomic E-state index is 0.121. The summed E-state index contributed by atoms with van der Waals surface area (Å²) in [6.45, 7) is 1.36. The van der Waals surface area contributed by atoms with Crippen molar-refractivity contribution in [1.29, 1.82) is 0 Å². The third-order valence-corrected chi connectivity index (χ3v) is 5.19. The largest absolute Gasteiger partial charge is 0.480 e. The zero-order valence-corrected chi connectivity index (χ0v) is 13.9. The molecular weight excluding hydrogens is 336 g/mol. The summed E-state index contributed by atoms with van der Waals surface area (Å²) in [7, 11) is -3.72. The Labute approximate surface area is 139 Å². The van der Waals surface area contributed by atoms with Crippen LogP contribution in [0.25, 0.3) is 0 Å². The van der Waals surface area contributed by atoms with Crippen molar-refractivity contribution in [3.8, 4) is 0 Å². The molecule has 1 aliphatic rings. The molecule has 1 aromatic rings. The minimum Gasteiger partial charge on any atom is -0.480 e. The summed E-state index contributed by atoms with van der Waals surface area (Å²) in [5.74, 6) is -2.29. The number of carboxylic acid groups (broad SMARTS) is 1. The third-order valence-electron chi connectivity index (χ3n) is 3.65.